The molecular weight excluding hydrogens is 438 g/mol. The first-order chi connectivity index (χ1) is 16.6. The first kappa shape index (κ1) is 24.0. The van der Waals surface area contributed by atoms with Gasteiger partial charge in [-0.3, -0.25) is 4.90 Å². The second kappa shape index (κ2) is 9.26. The number of hydrogen-bond donors (Lipinski definition) is 3. The molecule has 0 aliphatic carbocycles. The number of benzene rings is 4. The van der Waals surface area contributed by atoms with E-state index in [1.165, 1.54) is 0 Å². The molecule has 35 heavy (non-hydrogen) atoms. The molecule has 0 amide bonds. The van der Waals surface area contributed by atoms with E-state index >= 15 is 0 Å². The Bertz CT molecular complexity index is 1370. The van der Waals surface area contributed by atoms with Crippen molar-refractivity contribution in [1.29, 1.82) is 0 Å². The van der Waals surface area contributed by atoms with Gasteiger partial charge >= 0.3 is 0 Å². The number of nitrogens with zero attached hydrogens (tertiary/aromatic N) is 1. The van der Waals surface area contributed by atoms with Gasteiger partial charge in [0.05, 0.1) is 17.1 Å². The molecule has 0 heterocycles. The van der Waals surface area contributed by atoms with Crippen LogP contribution >= 0.6 is 0 Å². The van der Waals surface area contributed by atoms with Crippen LogP contribution in [0.15, 0.2) is 60.7 Å². The van der Waals surface area contributed by atoms with Gasteiger partial charge < -0.3 is 20.1 Å². The Morgan fingerprint density at radius 2 is 1.06 bits per heavy atom. The van der Waals surface area contributed by atoms with Crippen molar-refractivity contribution in [3.8, 4) is 28.7 Å². The minimum atomic E-state index is 0.136. The molecule has 180 valence electrons. The summed E-state index contributed by atoms with van der Waals surface area (Å²) in [6.07, 6.45) is 0. The molecule has 4 aromatic carbocycles. The molecule has 0 aromatic heterocycles. The molecule has 0 spiro atoms. The largest absolute Gasteiger partial charge is 0.508 e. The van der Waals surface area contributed by atoms with Crippen LogP contribution in [0.5, 0.6) is 28.7 Å². The van der Waals surface area contributed by atoms with Crippen LogP contribution in [0.4, 0.5) is 17.1 Å². The van der Waals surface area contributed by atoms with Gasteiger partial charge in [0, 0.05) is 0 Å². The van der Waals surface area contributed by atoms with E-state index in [1.807, 2.05) is 95.0 Å². The molecule has 0 radical (unpaired) electrons. The maximum Gasteiger partial charge on any atom is 0.151 e. The molecular formula is C30H31NO4. The Morgan fingerprint density at radius 1 is 0.543 bits per heavy atom. The highest BCUT2D eigenvalue weighted by molar-refractivity contribution is 5.89. The number of phenols is 3. The lowest BCUT2D eigenvalue weighted by Gasteiger charge is -2.31. The van der Waals surface area contributed by atoms with Crippen molar-refractivity contribution in [2.24, 2.45) is 0 Å². The number of aryl methyl sites for hydroxylation is 4. The van der Waals surface area contributed by atoms with Crippen molar-refractivity contribution >= 4 is 17.1 Å². The quantitative estimate of drug-likeness (QED) is 0.277. The summed E-state index contributed by atoms with van der Waals surface area (Å²) in [5, 5.41) is 32.5. The zero-order valence-corrected chi connectivity index (χ0v) is 21.0. The van der Waals surface area contributed by atoms with Crippen molar-refractivity contribution in [3.05, 3.63) is 94.0 Å². The smallest absolute Gasteiger partial charge is 0.151 e. The van der Waals surface area contributed by atoms with Gasteiger partial charge in [0.1, 0.15) is 23.0 Å². The van der Waals surface area contributed by atoms with Crippen molar-refractivity contribution in [2.75, 3.05) is 4.90 Å². The summed E-state index contributed by atoms with van der Waals surface area (Å²) in [4.78, 5) is 1.87. The summed E-state index contributed by atoms with van der Waals surface area (Å²) in [5.41, 5.74) is 6.52. The Morgan fingerprint density at radius 3 is 1.63 bits per heavy atom. The Kier molecular flexibility index (Phi) is 6.35. The summed E-state index contributed by atoms with van der Waals surface area (Å²) in [6, 6.07) is 18.6. The number of aromatic hydroxyl groups is 3. The molecule has 5 nitrogen and oxygen atoms in total. The lowest BCUT2D eigenvalue weighted by atomic mass is 10.0. The average Bonchev–Trinajstić information content (AvgIpc) is 2.84. The fraction of sp³-hybridized carbons (Fsp3) is 0.200. The predicted molar refractivity (Wildman–Crippen MR) is 141 cm³/mol. The van der Waals surface area contributed by atoms with Gasteiger partial charge in [-0.15, -0.1) is 0 Å². The molecule has 0 saturated carbocycles. The van der Waals surface area contributed by atoms with E-state index in [9.17, 15) is 15.3 Å². The molecule has 0 fully saturated rings. The van der Waals surface area contributed by atoms with Crippen molar-refractivity contribution in [2.45, 2.75) is 41.5 Å². The van der Waals surface area contributed by atoms with Crippen LogP contribution < -0.4 is 9.64 Å². The third-order valence-electron chi connectivity index (χ3n) is 6.59. The van der Waals surface area contributed by atoms with Gasteiger partial charge in [0.2, 0.25) is 0 Å². The minimum Gasteiger partial charge on any atom is -0.508 e. The Balaban J connectivity index is 2.01. The zero-order chi connectivity index (χ0) is 25.4. The number of para-hydroxylation sites is 2. The van der Waals surface area contributed by atoms with Crippen LogP contribution in [-0.2, 0) is 0 Å². The molecule has 3 N–H and O–H groups in total. The maximum absolute atomic E-state index is 11.2. The van der Waals surface area contributed by atoms with E-state index in [4.69, 9.17) is 4.74 Å². The topological polar surface area (TPSA) is 73.2 Å². The second-order valence-electron chi connectivity index (χ2n) is 9.03. The van der Waals surface area contributed by atoms with E-state index in [-0.39, 0.29) is 17.2 Å². The highest BCUT2D eigenvalue weighted by Gasteiger charge is 2.27. The third kappa shape index (κ3) is 4.26. The fourth-order valence-electron chi connectivity index (χ4n) is 4.22. The van der Waals surface area contributed by atoms with E-state index in [0.717, 1.165) is 33.4 Å². The minimum absolute atomic E-state index is 0.136. The molecule has 4 rings (SSSR count). The molecule has 0 aliphatic heterocycles. The van der Waals surface area contributed by atoms with Crippen LogP contribution in [-0.4, -0.2) is 15.3 Å². The van der Waals surface area contributed by atoms with Crippen LogP contribution in [0.25, 0.3) is 0 Å². The highest BCUT2D eigenvalue weighted by atomic mass is 16.5. The molecule has 0 bridgehead atoms. The van der Waals surface area contributed by atoms with Gasteiger partial charge in [0.25, 0.3) is 0 Å². The van der Waals surface area contributed by atoms with E-state index in [1.54, 1.807) is 12.1 Å². The zero-order valence-electron chi connectivity index (χ0n) is 21.0. The Labute approximate surface area is 206 Å². The standard InChI is InChI=1S/C30H31NO4/c1-17-11-13-19(3)29(33)27(17)31(28-18(2)12-14-20(4)30(28)34)23-9-7-8-10-26(23)35-25-16-15-24(32)21(5)22(25)6/h7-16,32-34H,1-6H3. The molecule has 0 unspecified atom stereocenters. The molecule has 0 saturated heterocycles. The van der Waals surface area contributed by atoms with Crippen LogP contribution in [0.3, 0.4) is 0 Å². The van der Waals surface area contributed by atoms with Crippen LogP contribution in [0, 0.1) is 41.5 Å². The number of phenolic OH excluding ortho intramolecular Hbond substituents is 3. The first-order valence-electron chi connectivity index (χ1n) is 11.6. The Hall–Kier alpha value is -4.12. The van der Waals surface area contributed by atoms with Gasteiger partial charge in [-0.1, -0.05) is 36.4 Å². The fourth-order valence-corrected chi connectivity index (χ4v) is 4.22. The summed E-state index contributed by atoms with van der Waals surface area (Å²) in [7, 11) is 0. The summed E-state index contributed by atoms with van der Waals surface area (Å²) in [6.45, 7) is 11.3. The lowest BCUT2D eigenvalue weighted by molar-refractivity contribution is 0.457. The third-order valence-corrected chi connectivity index (χ3v) is 6.59. The number of hydrogen-bond acceptors (Lipinski definition) is 5. The van der Waals surface area contributed by atoms with Gasteiger partial charge in [-0.25, -0.2) is 0 Å². The molecule has 5 heteroatoms. The second-order valence-corrected chi connectivity index (χ2v) is 9.03. The molecule has 0 aliphatic rings. The summed E-state index contributed by atoms with van der Waals surface area (Å²) < 4.78 is 6.40. The van der Waals surface area contributed by atoms with Crippen molar-refractivity contribution in [1.82, 2.24) is 0 Å². The monoisotopic (exact) mass is 469 g/mol. The van der Waals surface area contributed by atoms with Crippen LogP contribution in [0.1, 0.15) is 33.4 Å². The summed E-state index contributed by atoms with van der Waals surface area (Å²) >= 11 is 0. The first-order valence-corrected chi connectivity index (χ1v) is 11.6. The molecule has 4 aromatic rings. The number of rotatable bonds is 5. The number of ether oxygens (including phenoxy) is 1. The van der Waals surface area contributed by atoms with E-state index < -0.39 is 0 Å². The maximum atomic E-state index is 11.2. The normalized spacial score (nSPS) is 10.9. The van der Waals surface area contributed by atoms with Crippen molar-refractivity contribution in [3.63, 3.8) is 0 Å². The van der Waals surface area contributed by atoms with Crippen molar-refractivity contribution < 1.29 is 20.1 Å². The predicted octanol–water partition coefficient (Wildman–Crippen LogP) is 7.92. The number of anilines is 3. The van der Waals surface area contributed by atoms with Gasteiger partial charge in [0.15, 0.2) is 5.75 Å². The van der Waals surface area contributed by atoms with E-state index in [2.05, 4.69) is 0 Å². The lowest BCUT2D eigenvalue weighted by Crippen LogP contribution is -2.15. The van der Waals surface area contributed by atoms with Gasteiger partial charge in [-0.05, 0) is 99.2 Å². The van der Waals surface area contributed by atoms with Crippen LogP contribution in [0.2, 0.25) is 0 Å². The highest BCUT2D eigenvalue weighted by Crippen LogP contribution is 2.51. The van der Waals surface area contributed by atoms with Gasteiger partial charge in [-0.2, -0.15) is 0 Å². The average molecular weight is 470 g/mol. The molecule has 0 atom stereocenters. The summed E-state index contributed by atoms with van der Waals surface area (Å²) in [5.74, 6) is 1.64. The van der Waals surface area contributed by atoms with E-state index in [0.29, 0.717) is 28.6 Å². The SMILES string of the molecule is Cc1ccc(C)c(N(c2ccccc2Oc2ccc(O)c(C)c2C)c2c(C)ccc(C)c2O)c1O.